The molecule has 176 valence electrons. The minimum Gasteiger partial charge on any atom is -0.381 e. The Morgan fingerprint density at radius 3 is 2.42 bits per heavy atom. The Morgan fingerprint density at radius 2 is 1.68 bits per heavy atom. The monoisotopic (exact) mass is 430 g/mol. The third-order valence-corrected chi connectivity index (χ3v) is 9.65. The van der Waals surface area contributed by atoms with E-state index in [1.807, 2.05) is 7.11 Å². The molecule has 6 atom stereocenters. The third-order valence-electron chi connectivity index (χ3n) is 9.65. The van der Waals surface area contributed by atoms with Gasteiger partial charge in [-0.2, -0.15) is 0 Å². The quantitative estimate of drug-likeness (QED) is 0.580. The van der Waals surface area contributed by atoms with Gasteiger partial charge in [0.05, 0.1) is 6.10 Å². The smallest absolute Gasteiger partial charge is 0.226 e. The van der Waals surface area contributed by atoms with Crippen LogP contribution in [0.2, 0.25) is 0 Å². The topological polar surface area (TPSA) is 32.8 Å². The first kappa shape index (κ1) is 22.2. The maximum absolute atomic E-state index is 13.0. The standard InChI is InChI=1S/C27H46N2O2/c1-19-12-23(14-24-18-29(17-21-6-7-21)27(30)26(19)24)13-20-8-10-28(11-9-20)16-22-4-3-5-25(15-22)31-2/h19-26H,3-18H2,1-2H3. The number of carbonyl (C=O) groups is 1. The molecule has 0 N–H and O–H groups in total. The molecule has 5 aliphatic rings. The molecule has 0 radical (unpaired) electrons. The maximum atomic E-state index is 13.0. The Kier molecular flexibility index (Phi) is 6.95. The highest BCUT2D eigenvalue weighted by atomic mass is 16.5. The third kappa shape index (κ3) is 5.32. The van der Waals surface area contributed by atoms with Gasteiger partial charge >= 0.3 is 0 Å². The van der Waals surface area contributed by atoms with Crippen molar-refractivity contribution in [3.05, 3.63) is 0 Å². The molecule has 2 heterocycles. The van der Waals surface area contributed by atoms with Crippen LogP contribution in [-0.2, 0) is 9.53 Å². The van der Waals surface area contributed by atoms with E-state index in [-0.39, 0.29) is 0 Å². The molecule has 2 aliphatic heterocycles. The Morgan fingerprint density at radius 1 is 0.871 bits per heavy atom. The summed E-state index contributed by atoms with van der Waals surface area (Å²) in [6, 6.07) is 0. The van der Waals surface area contributed by atoms with Gasteiger partial charge in [-0.15, -0.1) is 0 Å². The second-order valence-electron chi connectivity index (χ2n) is 12.2. The molecule has 4 nitrogen and oxygen atoms in total. The predicted octanol–water partition coefficient (Wildman–Crippen LogP) is 4.82. The van der Waals surface area contributed by atoms with Crippen molar-refractivity contribution in [1.29, 1.82) is 0 Å². The van der Waals surface area contributed by atoms with Gasteiger partial charge in [0.2, 0.25) is 5.91 Å². The maximum Gasteiger partial charge on any atom is 0.226 e. The molecule has 0 aromatic rings. The first-order chi connectivity index (χ1) is 15.1. The molecule has 5 rings (SSSR count). The average molecular weight is 431 g/mol. The second kappa shape index (κ2) is 9.71. The molecule has 6 unspecified atom stereocenters. The van der Waals surface area contributed by atoms with E-state index in [0.717, 1.165) is 36.8 Å². The van der Waals surface area contributed by atoms with Gasteiger partial charge in [0.25, 0.3) is 0 Å². The minimum absolute atomic E-state index is 0.350. The van der Waals surface area contributed by atoms with Gasteiger partial charge in [-0.25, -0.2) is 0 Å². The van der Waals surface area contributed by atoms with Gasteiger partial charge in [-0.1, -0.05) is 13.3 Å². The summed E-state index contributed by atoms with van der Waals surface area (Å²) in [7, 11) is 1.89. The molecule has 3 saturated carbocycles. The highest BCUT2D eigenvalue weighted by Gasteiger charge is 2.48. The van der Waals surface area contributed by atoms with E-state index in [1.54, 1.807) is 0 Å². The molecule has 2 saturated heterocycles. The molecule has 0 bridgehead atoms. The molecule has 1 amide bonds. The van der Waals surface area contributed by atoms with Gasteiger partial charge < -0.3 is 14.5 Å². The van der Waals surface area contributed by atoms with E-state index in [4.69, 9.17) is 4.74 Å². The van der Waals surface area contributed by atoms with Crippen LogP contribution in [0.25, 0.3) is 0 Å². The number of piperidine rings is 1. The number of methoxy groups -OCH3 is 1. The van der Waals surface area contributed by atoms with Crippen molar-refractivity contribution in [3.63, 3.8) is 0 Å². The Bertz CT molecular complexity index is 612. The van der Waals surface area contributed by atoms with Crippen molar-refractivity contribution in [1.82, 2.24) is 9.80 Å². The van der Waals surface area contributed by atoms with E-state index < -0.39 is 0 Å². The zero-order valence-electron chi connectivity index (χ0n) is 20.1. The van der Waals surface area contributed by atoms with Gasteiger partial charge in [0.15, 0.2) is 0 Å². The summed E-state index contributed by atoms with van der Waals surface area (Å²) in [5.41, 5.74) is 0. The molecule has 31 heavy (non-hydrogen) atoms. The lowest BCUT2D eigenvalue weighted by atomic mass is 9.67. The number of hydrogen-bond acceptors (Lipinski definition) is 3. The van der Waals surface area contributed by atoms with Crippen molar-refractivity contribution >= 4 is 5.91 Å². The number of ether oxygens (including phenoxy) is 1. The van der Waals surface area contributed by atoms with E-state index in [1.165, 1.54) is 90.3 Å². The minimum atomic E-state index is 0.350. The summed E-state index contributed by atoms with van der Waals surface area (Å²) in [5.74, 6) is 5.57. The number of nitrogens with zero attached hydrogens (tertiary/aromatic N) is 2. The number of fused-ring (bicyclic) bond motifs is 1. The highest BCUT2D eigenvalue weighted by Crippen LogP contribution is 2.46. The van der Waals surface area contributed by atoms with Gasteiger partial charge in [-0.05, 0) is 113 Å². The van der Waals surface area contributed by atoms with Crippen LogP contribution in [0.5, 0.6) is 0 Å². The highest BCUT2D eigenvalue weighted by molar-refractivity contribution is 5.82. The fourth-order valence-electron chi connectivity index (χ4n) is 7.86. The summed E-state index contributed by atoms with van der Waals surface area (Å²) >= 11 is 0. The van der Waals surface area contributed by atoms with Gasteiger partial charge in [0.1, 0.15) is 0 Å². The zero-order valence-corrected chi connectivity index (χ0v) is 20.1. The second-order valence-corrected chi connectivity index (χ2v) is 12.2. The number of amides is 1. The van der Waals surface area contributed by atoms with E-state index in [2.05, 4.69) is 16.7 Å². The Hall–Kier alpha value is -0.610. The lowest BCUT2D eigenvalue weighted by Crippen LogP contribution is -2.40. The molecule has 0 spiro atoms. The first-order valence-corrected chi connectivity index (χ1v) is 13.6. The normalized spacial score (nSPS) is 40.3. The largest absolute Gasteiger partial charge is 0.381 e. The summed E-state index contributed by atoms with van der Waals surface area (Å²) in [4.78, 5) is 18.0. The van der Waals surface area contributed by atoms with Crippen LogP contribution < -0.4 is 0 Å². The number of likely N-dealkylation sites (tertiary alicyclic amines) is 2. The average Bonchev–Trinajstić information content (AvgIpc) is 3.52. The van der Waals surface area contributed by atoms with E-state index in [0.29, 0.717) is 29.8 Å². The van der Waals surface area contributed by atoms with Crippen molar-refractivity contribution < 1.29 is 9.53 Å². The van der Waals surface area contributed by atoms with Crippen LogP contribution in [0, 0.1) is 41.4 Å². The number of hydrogen-bond donors (Lipinski definition) is 0. The van der Waals surface area contributed by atoms with Gasteiger partial charge in [0, 0.05) is 32.7 Å². The molecule has 3 aliphatic carbocycles. The summed E-state index contributed by atoms with van der Waals surface area (Å²) in [5, 5.41) is 0. The fourth-order valence-corrected chi connectivity index (χ4v) is 7.86. The molecule has 0 aromatic carbocycles. The zero-order chi connectivity index (χ0) is 21.4. The van der Waals surface area contributed by atoms with Crippen LogP contribution in [0.3, 0.4) is 0 Å². The molecule has 5 fully saturated rings. The molecular formula is C27H46N2O2. The lowest BCUT2D eigenvalue weighted by Gasteiger charge is -2.40. The van der Waals surface area contributed by atoms with Gasteiger partial charge in [-0.3, -0.25) is 4.79 Å². The summed E-state index contributed by atoms with van der Waals surface area (Å²) in [6.07, 6.45) is 15.3. The fraction of sp³-hybridized carbons (Fsp3) is 0.963. The van der Waals surface area contributed by atoms with Crippen molar-refractivity contribution in [2.45, 2.75) is 83.7 Å². The molecule has 4 heteroatoms. The first-order valence-electron chi connectivity index (χ1n) is 13.6. The van der Waals surface area contributed by atoms with Crippen LogP contribution >= 0.6 is 0 Å². The predicted molar refractivity (Wildman–Crippen MR) is 125 cm³/mol. The number of rotatable bonds is 7. The number of carbonyl (C=O) groups excluding carboxylic acids is 1. The van der Waals surface area contributed by atoms with Crippen LogP contribution in [0.4, 0.5) is 0 Å². The van der Waals surface area contributed by atoms with E-state index in [9.17, 15) is 4.79 Å². The summed E-state index contributed by atoms with van der Waals surface area (Å²) < 4.78 is 5.64. The Labute approximate surface area is 190 Å². The van der Waals surface area contributed by atoms with Crippen LogP contribution in [0.15, 0.2) is 0 Å². The van der Waals surface area contributed by atoms with Crippen molar-refractivity contribution in [2.24, 2.45) is 41.4 Å². The van der Waals surface area contributed by atoms with Crippen molar-refractivity contribution in [3.8, 4) is 0 Å². The van der Waals surface area contributed by atoms with Crippen LogP contribution in [0.1, 0.15) is 77.6 Å². The lowest BCUT2D eigenvalue weighted by molar-refractivity contribution is -0.133. The molecule has 0 aromatic heterocycles. The molecular weight excluding hydrogens is 384 g/mol. The Balaban J connectivity index is 1.06. The van der Waals surface area contributed by atoms with Crippen molar-refractivity contribution in [2.75, 3.05) is 39.8 Å². The summed E-state index contributed by atoms with van der Waals surface area (Å²) in [6.45, 7) is 8.43. The van der Waals surface area contributed by atoms with Crippen LogP contribution in [-0.4, -0.2) is 61.6 Å². The SMILES string of the molecule is COC1CCCC(CN2CCC(CC3CC(C)C4C(=O)N(CC5CC5)CC4C3)CC2)C1. The van der Waals surface area contributed by atoms with E-state index >= 15 is 0 Å².